The van der Waals surface area contributed by atoms with Crippen LogP contribution in [-0.4, -0.2) is 70.0 Å². The molecule has 3 fully saturated rings. The monoisotopic (exact) mass is 420 g/mol. The van der Waals surface area contributed by atoms with Crippen molar-refractivity contribution < 1.29 is 12.9 Å². The van der Waals surface area contributed by atoms with E-state index in [4.69, 9.17) is 4.52 Å². The molecule has 3 aliphatic rings. The molecule has 1 unspecified atom stereocenters. The second kappa shape index (κ2) is 6.36. The summed E-state index contributed by atoms with van der Waals surface area (Å²) < 4.78 is 33.6. The third kappa shape index (κ3) is 3.21. The van der Waals surface area contributed by atoms with E-state index in [0.717, 1.165) is 44.0 Å². The van der Waals surface area contributed by atoms with Crippen LogP contribution in [0.4, 0.5) is 0 Å². The Bertz CT molecular complexity index is 1050. The van der Waals surface area contributed by atoms with E-state index < -0.39 is 10.0 Å². The maximum absolute atomic E-state index is 12.3. The Morgan fingerprint density at radius 2 is 1.93 bits per heavy atom. The predicted molar refractivity (Wildman–Crippen MR) is 106 cm³/mol. The fourth-order valence-electron chi connectivity index (χ4n) is 4.96. The minimum absolute atomic E-state index is 0.0513. The van der Waals surface area contributed by atoms with E-state index >= 15 is 0 Å². The summed E-state index contributed by atoms with van der Waals surface area (Å²) in [5.74, 6) is 1.76. The smallest absolute Gasteiger partial charge is 0.231 e. The summed E-state index contributed by atoms with van der Waals surface area (Å²) >= 11 is 0. The van der Waals surface area contributed by atoms with Crippen molar-refractivity contribution in [2.45, 2.75) is 45.1 Å². The number of hydrogen-bond donors (Lipinski definition) is 0. The highest BCUT2D eigenvalue weighted by Gasteiger charge is 2.58. The van der Waals surface area contributed by atoms with Crippen molar-refractivity contribution >= 4 is 10.0 Å². The van der Waals surface area contributed by atoms with Gasteiger partial charge in [-0.15, -0.1) is 0 Å². The average molecular weight is 421 g/mol. The molecular formula is C19H28N6O3S. The summed E-state index contributed by atoms with van der Waals surface area (Å²) in [7, 11) is -1.30. The van der Waals surface area contributed by atoms with Crippen LogP contribution in [0.2, 0.25) is 0 Å². The Kier molecular flexibility index (Phi) is 4.21. The number of aryl methyl sites for hydroxylation is 2. The van der Waals surface area contributed by atoms with Crippen molar-refractivity contribution in [2.24, 2.45) is 12.5 Å². The number of nitrogens with zero attached hydrogens (tertiary/aromatic N) is 6. The molecule has 4 heterocycles. The molecule has 0 radical (unpaired) electrons. The highest BCUT2D eigenvalue weighted by Crippen LogP contribution is 2.50. The van der Waals surface area contributed by atoms with Crippen LogP contribution in [0.15, 0.2) is 4.52 Å². The molecule has 1 spiro atoms. The SMILES string of the molecule is Cc1nn(C)c(C)c1CN1CC2(C1)CN(S(C)(=O)=O)CC2c1nc(C2CC2)no1. The largest absolute Gasteiger partial charge is 0.339 e. The summed E-state index contributed by atoms with van der Waals surface area (Å²) in [5, 5.41) is 8.68. The highest BCUT2D eigenvalue weighted by molar-refractivity contribution is 7.88. The molecule has 0 amide bonds. The Balaban J connectivity index is 1.37. The molecule has 1 atom stereocenters. The van der Waals surface area contributed by atoms with Gasteiger partial charge in [-0.2, -0.15) is 10.1 Å². The Labute approximate surface area is 171 Å². The first-order valence-corrected chi connectivity index (χ1v) is 12.0. The van der Waals surface area contributed by atoms with Gasteiger partial charge in [0.2, 0.25) is 15.9 Å². The molecule has 2 aliphatic heterocycles. The van der Waals surface area contributed by atoms with Gasteiger partial charge in [0.25, 0.3) is 0 Å². The first-order chi connectivity index (χ1) is 13.7. The van der Waals surface area contributed by atoms with Crippen molar-refractivity contribution in [3.63, 3.8) is 0 Å². The lowest BCUT2D eigenvalue weighted by molar-refractivity contribution is -0.0119. The molecule has 0 aromatic carbocycles. The first kappa shape index (κ1) is 19.2. The number of aromatic nitrogens is 4. The van der Waals surface area contributed by atoms with Gasteiger partial charge in [0.05, 0.1) is 17.9 Å². The van der Waals surface area contributed by atoms with Gasteiger partial charge in [0, 0.05) is 62.4 Å². The molecule has 10 heteroatoms. The van der Waals surface area contributed by atoms with Crippen molar-refractivity contribution in [3.8, 4) is 0 Å². The molecule has 1 aliphatic carbocycles. The Morgan fingerprint density at radius 1 is 1.21 bits per heavy atom. The molecule has 0 N–H and O–H groups in total. The topological polar surface area (TPSA) is 97.4 Å². The normalized spacial score (nSPS) is 25.0. The third-order valence-corrected chi connectivity index (χ3v) is 8.12. The molecule has 2 aromatic rings. The van der Waals surface area contributed by atoms with E-state index in [2.05, 4.69) is 27.1 Å². The molecule has 1 saturated carbocycles. The van der Waals surface area contributed by atoms with Crippen LogP contribution < -0.4 is 0 Å². The van der Waals surface area contributed by atoms with Crippen LogP contribution in [0.25, 0.3) is 0 Å². The van der Waals surface area contributed by atoms with Crippen LogP contribution in [-0.2, 0) is 23.6 Å². The van der Waals surface area contributed by atoms with E-state index in [-0.39, 0.29) is 11.3 Å². The number of hydrogen-bond acceptors (Lipinski definition) is 7. The molecule has 9 nitrogen and oxygen atoms in total. The fourth-order valence-corrected chi connectivity index (χ4v) is 5.87. The molecule has 2 aromatic heterocycles. The van der Waals surface area contributed by atoms with Crippen molar-refractivity contribution in [1.82, 2.24) is 29.1 Å². The van der Waals surface area contributed by atoms with Crippen molar-refractivity contribution in [2.75, 3.05) is 32.4 Å². The van der Waals surface area contributed by atoms with Crippen molar-refractivity contribution in [3.05, 3.63) is 28.7 Å². The van der Waals surface area contributed by atoms with Crippen LogP contribution in [0.1, 0.15) is 53.3 Å². The van der Waals surface area contributed by atoms with Gasteiger partial charge >= 0.3 is 0 Å². The summed E-state index contributed by atoms with van der Waals surface area (Å²) in [6, 6.07) is 0. The zero-order valence-electron chi connectivity index (χ0n) is 17.4. The lowest BCUT2D eigenvalue weighted by Crippen LogP contribution is -2.59. The molecule has 5 rings (SSSR count). The van der Waals surface area contributed by atoms with E-state index in [1.165, 1.54) is 17.5 Å². The lowest BCUT2D eigenvalue weighted by Gasteiger charge is -2.50. The van der Waals surface area contributed by atoms with E-state index in [1.807, 2.05) is 18.7 Å². The summed E-state index contributed by atoms with van der Waals surface area (Å²) in [6.45, 7) is 7.53. The first-order valence-electron chi connectivity index (χ1n) is 10.2. The summed E-state index contributed by atoms with van der Waals surface area (Å²) in [4.78, 5) is 7.03. The second-order valence-corrected chi connectivity index (χ2v) is 11.1. The maximum atomic E-state index is 12.3. The van der Waals surface area contributed by atoms with E-state index in [1.54, 1.807) is 4.31 Å². The molecule has 29 heavy (non-hydrogen) atoms. The fraction of sp³-hybridized carbons (Fsp3) is 0.737. The van der Waals surface area contributed by atoms with Crippen LogP contribution in [0.5, 0.6) is 0 Å². The lowest BCUT2D eigenvalue weighted by atomic mass is 9.71. The maximum Gasteiger partial charge on any atom is 0.231 e. The van der Waals surface area contributed by atoms with Gasteiger partial charge in [-0.25, -0.2) is 12.7 Å². The van der Waals surface area contributed by atoms with Gasteiger partial charge in [-0.3, -0.25) is 9.58 Å². The number of rotatable bonds is 5. The van der Waals surface area contributed by atoms with Crippen LogP contribution in [0.3, 0.4) is 0 Å². The van der Waals surface area contributed by atoms with E-state index in [9.17, 15) is 8.42 Å². The van der Waals surface area contributed by atoms with Crippen molar-refractivity contribution in [1.29, 1.82) is 0 Å². The second-order valence-electron chi connectivity index (χ2n) is 9.15. The molecule has 0 bridgehead atoms. The Hall–Kier alpha value is -1.78. The average Bonchev–Trinajstić information content (AvgIpc) is 3.11. The van der Waals surface area contributed by atoms with E-state index in [0.29, 0.717) is 24.9 Å². The molecule has 158 valence electrons. The number of sulfonamides is 1. The highest BCUT2D eigenvalue weighted by atomic mass is 32.2. The Morgan fingerprint density at radius 3 is 2.52 bits per heavy atom. The quantitative estimate of drug-likeness (QED) is 0.716. The molecule has 2 saturated heterocycles. The summed E-state index contributed by atoms with van der Waals surface area (Å²) in [5.41, 5.74) is 3.32. The van der Waals surface area contributed by atoms with Gasteiger partial charge in [-0.05, 0) is 26.7 Å². The van der Waals surface area contributed by atoms with Gasteiger partial charge in [-0.1, -0.05) is 5.16 Å². The zero-order chi connectivity index (χ0) is 20.6. The summed E-state index contributed by atoms with van der Waals surface area (Å²) in [6.07, 6.45) is 3.51. The number of likely N-dealkylation sites (tertiary alicyclic amines) is 1. The standard InChI is InChI=1S/C19H28N6O3S/c1-12-15(13(2)23(3)21-12)7-24-9-19(10-24)11-25(29(4,26)27)8-16(19)18-20-17(22-28-18)14-5-6-14/h14,16H,5-11H2,1-4H3. The zero-order valence-corrected chi connectivity index (χ0v) is 18.2. The van der Waals surface area contributed by atoms with Crippen LogP contribution >= 0.6 is 0 Å². The minimum Gasteiger partial charge on any atom is -0.339 e. The molecular weight excluding hydrogens is 392 g/mol. The predicted octanol–water partition coefficient (Wildman–Crippen LogP) is 1.16. The van der Waals surface area contributed by atoms with Gasteiger partial charge < -0.3 is 4.52 Å². The van der Waals surface area contributed by atoms with Crippen LogP contribution in [0, 0.1) is 19.3 Å². The minimum atomic E-state index is -3.26. The van der Waals surface area contributed by atoms with Gasteiger partial charge in [0.1, 0.15) is 0 Å². The van der Waals surface area contributed by atoms with Gasteiger partial charge in [0.15, 0.2) is 5.82 Å². The third-order valence-electron chi connectivity index (χ3n) is 6.90.